The summed E-state index contributed by atoms with van der Waals surface area (Å²) in [5.74, 6) is -3.58. The Balaban J connectivity index is -0.0000000229. The molecule has 0 unspecified atom stereocenters. The molecule has 11 heteroatoms. The van der Waals surface area contributed by atoms with Gasteiger partial charge in [0, 0.05) is 26.7 Å². The maximum Gasteiger partial charge on any atom is 1.00 e. The summed E-state index contributed by atoms with van der Waals surface area (Å²) >= 11 is 0. The minimum atomic E-state index is -1.08. The molecule has 0 saturated carbocycles. The van der Waals surface area contributed by atoms with Crippen molar-refractivity contribution in [2.45, 2.75) is 34.6 Å². The Morgan fingerprint density at radius 3 is 0.762 bits per heavy atom. The molecule has 0 atom stereocenters. The largest absolute Gasteiger partial charge is 1.00 e. The number of hydrogen-bond acceptors (Lipinski definition) is 6. The van der Waals surface area contributed by atoms with Gasteiger partial charge in [0.2, 0.25) is 0 Å². The van der Waals surface area contributed by atoms with Gasteiger partial charge in [-0.1, -0.05) is 6.92 Å². The van der Waals surface area contributed by atoms with Crippen LogP contribution in [-0.4, -0.2) is 45.8 Å². The van der Waals surface area contributed by atoms with Gasteiger partial charge in [-0.05, 0) is 6.92 Å². The second kappa shape index (κ2) is 42.7. The first-order valence-electron chi connectivity index (χ1n) is 4.69. The Morgan fingerprint density at radius 1 is 0.762 bits per heavy atom. The first kappa shape index (κ1) is 42.8. The van der Waals surface area contributed by atoms with Gasteiger partial charge in [0.05, 0.1) is 0 Å². The third-order valence-electron chi connectivity index (χ3n) is 0. The van der Waals surface area contributed by atoms with Crippen molar-refractivity contribution in [3.63, 3.8) is 0 Å². The van der Waals surface area contributed by atoms with Gasteiger partial charge in [-0.3, -0.25) is 14.4 Å². The molecular formula is C10H20Na2O9. The maximum atomic E-state index is 9.00. The van der Waals surface area contributed by atoms with E-state index >= 15 is 0 Å². The van der Waals surface area contributed by atoms with E-state index in [0.29, 0.717) is 0 Å². The van der Waals surface area contributed by atoms with Crippen LogP contribution in [0.4, 0.5) is 0 Å². The predicted octanol–water partition coefficient (Wildman–Crippen LogP) is -7.60. The van der Waals surface area contributed by atoms with Crippen LogP contribution in [-0.2, 0) is 19.2 Å². The molecule has 0 aromatic rings. The zero-order valence-electron chi connectivity index (χ0n) is 13.5. The maximum absolute atomic E-state index is 9.00. The normalized spacial score (nSPS) is 5.62. The van der Waals surface area contributed by atoms with Crippen molar-refractivity contribution in [3.8, 4) is 0 Å². The molecule has 9 nitrogen and oxygen atoms in total. The van der Waals surface area contributed by atoms with Gasteiger partial charge in [0.15, 0.2) is 0 Å². The van der Waals surface area contributed by atoms with Crippen LogP contribution in [0.25, 0.3) is 0 Å². The molecule has 0 fully saturated rings. The van der Waals surface area contributed by atoms with E-state index in [9.17, 15) is 0 Å². The fourth-order valence-electron chi connectivity index (χ4n) is 0. The van der Waals surface area contributed by atoms with Crippen LogP contribution in [0.1, 0.15) is 34.6 Å². The van der Waals surface area contributed by atoms with Crippen molar-refractivity contribution in [2.75, 3.05) is 6.61 Å². The number of carboxylic acids is 4. The Bertz CT molecular complexity index is 181. The van der Waals surface area contributed by atoms with Gasteiger partial charge in [-0.25, -0.2) is 0 Å². The number of carbonyl (C=O) groups is 4. The summed E-state index contributed by atoms with van der Waals surface area (Å²) in [5.41, 5.74) is 0. The molecule has 0 aliphatic rings. The summed E-state index contributed by atoms with van der Waals surface area (Å²) in [5, 5.41) is 40.1. The van der Waals surface area contributed by atoms with Crippen LogP contribution < -0.4 is 69.3 Å². The van der Waals surface area contributed by atoms with Crippen LogP contribution in [0.15, 0.2) is 0 Å². The molecule has 0 spiro atoms. The summed E-state index contributed by atoms with van der Waals surface area (Å²) in [6.45, 7) is 5.79. The zero-order chi connectivity index (χ0) is 17.0. The molecule has 0 amide bonds. The van der Waals surface area contributed by atoms with Gasteiger partial charge >= 0.3 is 59.1 Å². The first-order chi connectivity index (χ1) is 8.34. The van der Waals surface area contributed by atoms with Crippen molar-refractivity contribution in [2.24, 2.45) is 0 Å². The second-order valence-electron chi connectivity index (χ2n) is 2.34. The third-order valence-corrected chi connectivity index (χ3v) is 0. The molecule has 3 N–H and O–H groups in total. The summed E-state index contributed by atoms with van der Waals surface area (Å²) in [6.07, 6.45) is 0. The van der Waals surface area contributed by atoms with Crippen molar-refractivity contribution < 1.29 is 104 Å². The Labute approximate surface area is 167 Å². The van der Waals surface area contributed by atoms with Gasteiger partial charge < -0.3 is 30.3 Å². The number of hydrogen-bond donors (Lipinski definition) is 3. The van der Waals surface area contributed by atoms with Crippen molar-refractivity contribution in [1.82, 2.24) is 0 Å². The monoisotopic (exact) mass is 330 g/mol. The molecule has 0 radical (unpaired) electrons. The number of aliphatic carboxylic acids is 4. The fourth-order valence-corrected chi connectivity index (χ4v) is 0. The van der Waals surface area contributed by atoms with Gasteiger partial charge in [0.1, 0.15) is 0 Å². The van der Waals surface area contributed by atoms with Crippen LogP contribution >= 0.6 is 0 Å². The van der Waals surface area contributed by atoms with E-state index in [1.807, 2.05) is 0 Å². The molecule has 0 bridgehead atoms. The van der Waals surface area contributed by atoms with Gasteiger partial charge in [0.25, 0.3) is 17.9 Å². The van der Waals surface area contributed by atoms with Gasteiger partial charge in [-0.2, -0.15) is 0 Å². The number of carbonyl (C=O) groups excluding carboxylic acids is 1. The summed E-state index contributed by atoms with van der Waals surface area (Å²) < 4.78 is 0. The van der Waals surface area contributed by atoms with E-state index < -0.39 is 23.9 Å². The van der Waals surface area contributed by atoms with Crippen LogP contribution in [0.3, 0.4) is 0 Å². The quantitative estimate of drug-likeness (QED) is 0.364. The van der Waals surface area contributed by atoms with E-state index in [0.717, 1.165) is 27.7 Å². The molecule has 0 aliphatic carbocycles. The van der Waals surface area contributed by atoms with Crippen LogP contribution in [0, 0.1) is 0 Å². The SMILES string of the molecule is CC(=O)O.CC(=O)O.CC(=O)O.CC(=O)[O-].CC[O-].[Na+].[Na+]. The summed E-state index contributed by atoms with van der Waals surface area (Å²) in [6, 6.07) is 0. The number of rotatable bonds is 0. The van der Waals surface area contributed by atoms with E-state index in [4.69, 9.17) is 44.7 Å². The van der Waals surface area contributed by atoms with E-state index in [1.54, 1.807) is 6.92 Å². The van der Waals surface area contributed by atoms with Crippen LogP contribution in [0.5, 0.6) is 0 Å². The molecule has 0 rings (SSSR count). The van der Waals surface area contributed by atoms with Crippen molar-refractivity contribution in [3.05, 3.63) is 0 Å². The second-order valence-corrected chi connectivity index (χ2v) is 2.34. The molecule has 0 aliphatic heterocycles. The summed E-state index contributed by atoms with van der Waals surface area (Å²) in [4.78, 5) is 35.9. The van der Waals surface area contributed by atoms with Gasteiger partial charge in [-0.15, -0.1) is 6.61 Å². The molecule has 116 valence electrons. The minimum absolute atomic E-state index is 0. The third kappa shape index (κ3) is 247000. The minimum Gasteiger partial charge on any atom is -0.855 e. The average molecular weight is 330 g/mol. The Kier molecular flexibility index (Phi) is 87.1. The standard InChI is InChI=1S/4C2H4O2.C2H5O.2Na/c4*1-2(3)4;1-2-3;;/h4*1H3,(H,3,4);2H2,1H3;;/q;;;;-1;2*+1/p-1. The van der Waals surface area contributed by atoms with Crippen molar-refractivity contribution in [1.29, 1.82) is 0 Å². The molecule has 0 saturated heterocycles. The topological polar surface area (TPSA) is 175 Å². The average Bonchev–Trinajstić information content (AvgIpc) is 1.97. The fraction of sp³-hybridized carbons (Fsp3) is 0.600. The Hall–Kier alpha value is -0.160. The van der Waals surface area contributed by atoms with E-state index in [-0.39, 0.29) is 65.7 Å². The van der Waals surface area contributed by atoms with Crippen molar-refractivity contribution >= 4 is 23.9 Å². The molecule has 21 heavy (non-hydrogen) atoms. The number of carboxylic acid groups (broad SMARTS) is 4. The summed E-state index contributed by atoms with van der Waals surface area (Å²) in [7, 11) is 0. The molecular weight excluding hydrogens is 310 g/mol. The zero-order valence-corrected chi connectivity index (χ0v) is 17.5. The van der Waals surface area contributed by atoms with E-state index in [1.165, 1.54) is 0 Å². The molecule has 0 aromatic heterocycles. The predicted molar refractivity (Wildman–Crippen MR) is 61.2 cm³/mol. The van der Waals surface area contributed by atoms with Crippen LogP contribution in [0.2, 0.25) is 0 Å². The molecule has 0 aromatic carbocycles. The van der Waals surface area contributed by atoms with E-state index in [2.05, 4.69) is 0 Å². The smallest absolute Gasteiger partial charge is 0.855 e. The molecule has 0 heterocycles. The Morgan fingerprint density at radius 2 is 0.762 bits per heavy atom. The first-order valence-corrected chi connectivity index (χ1v) is 4.69.